The smallest absolute Gasteiger partial charge is 0.206 e. The van der Waals surface area contributed by atoms with Crippen LogP contribution >= 0.6 is 0 Å². The Kier molecular flexibility index (Phi) is 4.07. The molecule has 2 aromatic rings. The highest BCUT2D eigenvalue weighted by molar-refractivity contribution is 6.14. The van der Waals surface area contributed by atoms with E-state index in [2.05, 4.69) is 0 Å². The molecule has 0 fully saturated rings. The van der Waals surface area contributed by atoms with Gasteiger partial charge in [-0.3, -0.25) is 4.79 Å². The van der Waals surface area contributed by atoms with Crippen molar-refractivity contribution in [1.82, 2.24) is 0 Å². The Morgan fingerprint density at radius 3 is 2.45 bits per heavy atom. The number of allylic oxidation sites excluding steroid dienone is 1. The lowest BCUT2D eigenvalue weighted by molar-refractivity contribution is 0.103. The molecular weight excluding hydrogens is 253 g/mol. The van der Waals surface area contributed by atoms with Crippen molar-refractivity contribution in [1.29, 1.82) is 5.26 Å². The summed E-state index contributed by atoms with van der Waals surface area (Å²) in [4.78, 5) is 12.2. The summed E-state index contributed by atoms with van der Waals surface area (Å²) in [5.74, 6) is -1.22. The highest BCUT2D eigenvalue weighted by atomic mass is 19.1. The number of Topliss-reactive ketones (excluding diaryl/α,β-unsaturated/α-hetero) is 1. The molecule has 0 atom stereocenters. The Morgan fingerprint density at radius 1 is 1.15 bits per heavy atom. The topological polar surface area (TPSA) is 40.9 Å². The van der Waals surface area contributed by atoms with Gasteiger partial charge >= 0.3 is 0 Å². The fourth-order valence-corrected chi connectivity index (χ4v) is 1.84. The average Bonchev–Trinajstić information content (AvgIpc) is 2.46. The summed E-state index contributed by atoms with van der Waals surface area (Å²) in [6.07, 6.45) is 1.49. The maximum atomic E-state index is 13.6. The van der Waals surface area contributed by atoms with Gasteiger partial charge in [-0.1, -0.05) is 36.4 Å². The van der Waals surface area contributed by atoms with Crippen LogP contribution in [0.5, 0.6) is 0 Å². The molecule has 0 heterocycles. The third kappa shape index (κ3) is 2.81. The van der Waals surface area contributed by atoms with Gasteiger partial charge in [0.2, 0.25) is 5.78 Å². The number of rotatable bonds is 3. The van der Waals surface area contributed by atoms with Crippen molar-refractivity contribution in [3.05, 3.63) is 76.6 Å². The second-order valence-corrected chi connectivity index (χ2v) is 4.34. The molecule has 0 N–H and O–H groups in total. The summed E-state index contributed by atoms with van der Waals surface area (Å²) < 4.78 is 13.6. The van der Waals surface area contributed by atoms with Gasteiger partial charge in [-0.25, -0.2) is 4.39 Å². The molecule has 98 valence electrons. The van der Waals surface area contributed by atoms with Crippen molar-refractivity contribution < 1.29 is 9.18 Å². The molecule has 0 bridgehead atoms. The van der Waals surface area contributed by atoms with Gasteiger partial charge in [0.05, 0.1) is 5.56 Å². The molecule has 0 aliphatic rings. The average molecular weight is 265 g/mol. The fourth-order valence-electron chi connectivity index (χ4n) is 1.84. The van der Waals surface area contributed by atoms with Crippen molar-refractivity contribution in [3.63, 3.8) is 0 Å². The number of halogens is 1. The van der Waals surface area contributed by atoms with E-state index in [9.17, 15) is 9.18 Å². The van der Waals surface area contributed by atoms with E-state index >= 15 is 0 Å². The normalized spacial score (nSPS) is 10.9. The summed E-state index contributed by atoms with van der Waals surface area (Å²) in [5, 5.41) is 9.14. The van der Waals surface area contributed by atoms with E-state index in [1.165, 1.54) is 24.3 Å². The molecule has 0 unspecified atom stereocenters. The Balaban J connectivity index is 2.44. The lowest BCUT2D eigenvalue weighted by atomic mass is 10.00. The van der Waals surface area contributed by atoms with Crippen LogP contribution in [0.4, 0.5) is 4.39 Å². The zero-order chi connectivity index (χ0) is 14.5. The Hall–Kier alpha value is -2.73. The second kappa shape index (κ2) is 5.94. The third-order valence-electron chi connectivity index (χ3n) is 2.97. The van der Waals surface area contributed by atoms with Crippen LogP contribution in [-0.2, 0) is 0 Å². The molecule has 2 aromatic carbocycles. The molecule has 2 rings (SSSR count). The lowest BCUT2D eigenvalue weighted by Gasteiger charge is -2.03. The molecule has 20 heavy (non-hydrogen) atoms. The third-order valence-corrected chi connectivity index (χ3v) is 2.97. The first-order valence-corrected chi connectivity index (χ1v) is 6.10. The molecule has 0 saturated heterocycles. The van der Waals surface area contributed by atoms with Gasteiger partial charge in [-0.05, 0) is 36.3 Å². The van der Waals surface area contributed by atoms with E-state index in [0.717, 1.165) is 11.1 Å². The molecular formula is C17H12FNO. The van der Waals surface area contributed by atoms with Crippen LogP contribution in [0.2, 0.25) is 0 Å². The van der Waals surface area contributed by atoms with Crippen molar-refractivity contribution in [2.45, 2.75) is 6.92 Å². The van der Waals surface area contributed by atoms with Gasteiger partial charge in [-0.2, -0.15) is 5.26 Å². The quantitative estimate of drug-likeness (QED) is 0.479. The van der Waals surface area contributed by atoms with Crippen molar-refractivity contribution in [2.24, 2.45) is 0 Å². The first-order chi connectivity index (χ1) is 9.63. The number of nitrogens with zero attached hydrogens (tertiary/aromatic N) is 1. The van der Waals surface area contributed by atoms with E-state index in [1.807, 2.05) is 31.2 Å². The zero-order valence-corrected chi connectivity index (χ0v) is 10.9. The van der Waals surface area contributed by atoms with Crippen LogP contribution in [0.3, 0.4) is 0 Å². The maximum absolute atomic E-state index is 13.6. The van der Waals surface area contributed by atoms with Crippen LogP contribution in [-0.4, -0.2) is 5.78 Å². The molecule has 3 heteroatoms. The van der Waals surface area contributed by atoms with Crippen molar-refractivity contribution in [2.75, 3.05) is 0 Å². The number of hydrogen-bond donors (Lipinski definition) is 0. The number of carbonyl (C=O) groups excluding carboxylic acids is 1. The summed E-state index contributed by atoms with van der Waals surface area (Å²) in [6, 6.07) is 14.9. The number of benzene rings is 2. The van der Waals surface area contributed by atoms with E-state index in [0.29, 0.717) is 0 Å². The summed E-state index contributed by atoms with van der Waals surface area (Å²) in [7, 11) is 0. The van der Waals surface area contributed by atoms with Gasteiger partial charge in [0.15, 0.2) is 0 Å². The zero-order valence-electron chi connectivity index (χ0n) is 10.9. The molecule has 0 aliphatic heterocycles. The predicted molar refractivity (Wildman–Crippen MR) is 75.5 cm³/mol. The Bertz CT molecular complexity index is 726. The van der Waals surface area contributed by atoms with Crippen LogP contribution in [0.25, 0.3) is 6.08 Å². The van der Waals surface area contributed by atoms with Gasteiger partial charge in [-0.15, -0.1) is 0 Å². The van der Waals surface area contributed by atoms with Crippen LogP contribution < -0.4 is 0 Å². The highest BCUT2D eigenvalue weighted by Gasteiger charge is 2.16. The van der Waals surface area contributed by atoms with Crippen molar-refractivity contribution in [3.8, 4) is 6.07 Å². The van der Waals surface area contributed by atoms with E-state index in [-0.39, 0.29) is 11.1 Å². The Morgan fingerprint density at radius 2 is 1.80 bits per heavy atom. The number of aryl methyl sites for hydroxylation is 1. The van der Waals surface area contributed by atoms with Crippen molar-refractivity contribution >= 4 is 11.9 Å². The summed E-state index contributed by atoms with van der Waals surface area (Å²) >= 11 is 0. The van der Waals surface area contributed by atoms with Crippen LogP contribution in [0.15, 0.2) is 54.1 Å². The molecule has 0 radical (unpaired) electrons. The minimum atomic E-state index is -0.622. The molecule has 0 aliphatic carbocycles. The largest absolute Gasteiger partial charge is 0.288 e. The summed E-state index contributed by atoms with van der Waals surface area (Å²) in [6.45, 7) is 1.88. The van der Waals surface area contributed by atoms with Gasteiger partial charge in [0, 0.05) is 0 Å². The standard InChI is InChI=1S/C17H12FNO/c1-12-6-2-3-7-13(12)10-14(11-19)17(20)15-8-4-5-9-16(15)18/h2-10H,1H3/b14-10+. The van der Waals surface area contributed by atoms with E-state index in [1.54, 1.807) is 12.1 Å². The molecule has 0 saturated carbocycles. The SMILES string of the molecule is Cc1ccccc1/C=C(\C#N)C(=O)c1ccccc1F. The highest BCUT2D eigenvalue weighted by Crippen LogP contribution is 2.17. The van der Waals surface area contributed by atoms with Gasteiger partial charge < -0.3 is 0 Å². The molecule has 0 spiro atoms. The maximum Gasteiger partial charge on any atom is 0.206 e. The summed E-state index contributed by atoms with van der Waals surface area (Å²) in [5.41, 5.74) is 1.55. The van der Waals surface area contributed by atoms with E-state index < -0.39 is 11.6 Å². The molecule has 0 amide bonds. The first-order valence-electron chi connectivity index (χ1n) is 6.10. The van der Waals surface area contributed by atoms with E-state index in [4.69, 9.17) is 5.26 Å². The Labute approximate surface area is 116 Å². The molecule has 2 nitrogen and oxygen atoms in total. The number of hydrogen-bond acceptors (Lipinski definition) is 2. The minimum absolute atomic E-state index is 0.0793. The lowest BCUT2D eigenvalue weighted by Crippen LogP contribution is -2.04. The first kappa shape index (κ1) is 13.7. The van der Waals surface area contributed by atoms with Gasteiger partial charge in [0.1, 0.15) is 17.5 Å². The number of nitriles is 1. The van der Waals surface area contributed by atoms with Crippen LogP contribution in [0.1, 0.15) is 21.5 Å². The minimum Gasteiger partial charge on any atom is -0.288 e. The fraction of sp³-hybridized carbons (Fsp3) is 0.0588. The monoisotopic (exact) mass is 265 g/mol. The second-order valence-electron chi connectivity index (χ2n) is 4.34. The number of ketones is 1. The number of carbonyl (C=O) groups is 1. The predicted octanol–water partition coefficient (Wildman–Crippen LogP) is 3.92. The van der Waals surface area contributed by atoms with Gasteiger partial charge in [0.25, 0.3) is 0 Å². The van der Waals surface area contributed by atoms with Crippen LogP contribution in [0, 0.1) is 24.1 Å². The molecule has 0 aromatic heterocycles.